The number of hydrogen-bond donors (Lipinski definition) is 2. The van der Waals surface area contributed by atoms with E-state index in [0.717, 1.165) is 24.4 Å². The van der Waals surface area contributed by atoms with Gasteiger partial charge in [0, 0.05) is 5.69 Å². The summed E-state index contributed by atoms with van der Waals surface area (Å²) in [6.45, 7) is 6.80. The van der Waals surface area contributed by atoms with Gasteiger partial charge in [0.25, 0.3) is 0 Å². The highest BCUT2D eigenvalue weighted by molar-refractivity contribution is 5.87. The molecule has 1 aromatic rings. The van der Waals surface area contributed by atoms with E-state index in [-0.39, 0.29) is 16.7 Å². The normalized spacial score (nSPS) is 31.0. The van der Waals surface area contributed by atoms with Gasteiger partial charge in [-0.25, -0.2) is 4.79 Å². The number of nitrogens with two attached hydrogens (primary N) is 1. The van der Waals surface area contributed by atoms with Gasteiger partial charge in [-0.3, -0.25) is 0 Å². The first-order chi connectivity index (χ1) is 11.4. The first-order valence-corrected chi connectivity index (χ1v) is 8.88. The summed E-state index contributed by atoms with van der Waals surface area (Å²) in [5.74, 6) is 0.799. The standard InChI is InChI=1S/C20H28N2O2/c1-4-24-18(23)16(21)13-20(22-15-8-6-5-7-9-15)11-10-14-12-17(20)19(14,2)3/h5-9,13-14,17,22H,4,10-12,21H2,1-3H3/b16-13-. The van der Waals surface area contributed by atoms with Crippen LogP contribution in [0.25, 0.3) is 0 Å². The molecule has 4 heteroatoms. The molecule has 0 radical (unpaired) electrons. The average Bonchev–Trinajstić information content (AvgIpc) is 2.55. The summed E-state index contributed by atoms with van der Waals surface area (Å²) in [7, 11) is 0. The molecule has 4 nitrogen and oxygen atoms in total. The number of rotatable bonds is 5. The average molecular weight is 328 g/mol. The lowest BCUT2D eigenvalue weighted by Gasteiger charge is -2.64. The molecule has 3 fully saturated rings. The van der Waals surface area contributed by atoms with Gasteiger partial charge in [0.05, 0.1) is 12.1 Å². The Kier molecular flexibility index (Phi) is 4.33. The van der Waals surface area contributed by atoms with Crippen LogP contribution in [-0.2, 0) is 9.53 Å². The molecule has 3 N–H and O–H groups in total. The number of esters is 1. The highest BCUT2D eigenvalue weighted by Gasteiger charge is 2.60. The quantitative estimate of drug-likeness (QED) is 0.639. The van der Waals surface area contributed by atoms with E-state index in [0.29, 0.717) is 12.5 Å². The molecule has 0 aliphatic heterocycles. The van der Waals surface area contributed by atoms with E-state index < -0.39 is 5.97 Å². The molecule has 3 aliphatic carbocycles. The maximum absolute atomic E-state index is 12.0. The van der Waals surface area contributed by atoms with Crippen LogP contribution in [0.5, 0.6) is 0 Å². The summed E-state index contributed by atoms with van der Waals surface area (Å²) >= 11 is 0. The van der Waals surface area contributed by atoms with Crippen molar-refractivity contribution in [1.82, 2.24) is 0 Å². The molecule has 0 aromatic heterocycles. The fraction of sp³-hybridized carbons (Fsp3) is 0.550. The zero-order chi connectivity index (χ0) is 17.4. The van der Waals surface area contributed by atoms with Crippen molar-refractivity contribution in [1.29, 1.82) is 0 Å². The van der Waals surface area contributed by atoms with E-state index >= 15 is 0 Å². The fourth-order valence-corrected chi connectivity index (χ4v) is 4.67. The third-order valence-corrected chi connectivity index (χ3v) is 6.07. The topological polar surface area (TPSA) is 64.3 Å². The van der Waals surface area contributed by atoms with E-state index in [9.17, 15) is 4.79 Å². The predicted molar refractivity (Wildman–Crippen MR) is 96.3 cm³/mol. The van der Waals surface area contributed by atoms with Gasteiger partial charge in [-0.05, 0) is 61.6 Å². The maximum atomic E-state index is 12.0. The second kappa shape index (κ2) is 6.15. The Hall–Kier alpha value is -1.97. The molecule has 3 saturated carbocycles. The van der Waals surface area contributed by atoms with E-state index in [4.69, 9.17) is 10.5 Å². The number of fused-ring (bicyclic) bond motifs is 2. The molecule has 3 atom stereocenters. The Balaban J connectivity index is 1.95. The Morgan fingerprint density at radius 3 is 2.67 bits per heavy atom. The fourth-order valence-electron chi connectivity index (χ4n) is 4.67. The molecule has 2 bridgehead atoms. The van der Waals surface area contributed by atoms with Crippen molar-refractivity contribution in [3.05, 3.63) is 42.1 Å². The Bertz CT molecular complexity index is 636. The number of carbonyl (C=O) groups excluding carboxylic acids is 1. The summed E-state index contributed by atoms with van der Waals surface area (Å²) in [5, 5.41) is 3.70. The van der Waals surface area contributed by atoms with Crippen LogP contribution in [0, 0.1) is 17.3 Å². The zero-order valence-electron chi connectivity index (χ0n) is 14.8. The monoisotopic (exact) mass is 328 g/mol. The smallest absolute Gasteiger partial charge is 0.353 e. The van der Waals surface area contributed by atoms with Crippen LogP contribution in [0.4, 0.5) is 5.69 Å². The summed E-state index contributed by atoms with van der Waals surface area (Å²) in [6.07, 6.45) is 5.25. The Labute approximate surface area is 144 Å². The molecule has 130 valence electrons. The van der Waals surface area contributed by atoms with Gasteiger partial charge in [-0.1, -0.05) is 32.0 Å². The molecule has 0 amide bonds. The van der Waals surface area contributed by atoms with Crippen molar-refractivity contribution in [2.24, 2.45) is 23.0 Å². The van der Waals surface area contributed by atoms with E-state index in [1.54, 1.807) is 6.92 Å². The SMILES string of the molecule is CCOC(=O)/C(N)=C/C1(Nc2ccccc2)CCC2CC1C2(C)C. The summed E-state index contributed by atoms with van der Waals surface area (Å²) in [5.41, 5.74) is 7.32. The first kappa shape index (κ1) is 16.9. The number of para-hydroxylation sites is 1. The highest BCUT2D eigenvalue weighted by Crippen LogP contribution is 2.63. The van der Waals surface area contributed by atoms with Crippen molar-refractivity contribution >= 4 is 11.7 Å². The van der Waals surface area contributed by atoms with E-state index in [1.807, 2.05) is 24.3 Å². The first-order valence-electron chi connectivity index (χ1n) is 8.88. The van der Waals surface area contributed by atoms with Gasteiger partial charge in [0.1, 0.15) is 5.70 Å². The molecule has 0 spiro atoms. The van der Waals surface area contributed by atoms with Crippen molar-refractivity contribution in [2.75, 3.05) is 11.9 Å². The van der Waals surface area contributed by atoms with Gasteiger partial charge in [-0.15, -0.1) is 0 Å². The largest absolute Gasteiger partial charge is 0.461 e. The molecular weight excluding hydrogens is 300 g/mol. The maximum Gasteiger partial charge on any atom is 0.353 e. The minimum absolute atomic E-state index is 0.210. The molecule has 0 heterocycles. The van der Waals surface area contributed by atoms with Crippen LogP contribution in [0.2, 0.25) is 0 Å². The molecular formula is C20H28N2O2. The van der Waals surface area contributed by atoms with Gasteiger partial charge in [-0.2, -0.15) is 0 Å². The zero-order valence-corrected chi connectivity index (χ0v) is 14.8. The predicted octanol–water partition coefficient (Wildman–Crippen LogP) is 3.70. The third-order valence-electron chi connectivity index (χ3n) is 6.07. The van der Waals surface area contributed by atoms with Crippen molar-refractivity contribution in [2.45, 2.75) is 45.6 Å². The van der Waals surface area contributed by atoms with Crippen molar-refractivity contribution < 1.29 is 9.53 Å². The second-order valence-electron chi connectivity index (χ2n) is 7.70. The Morgan fingerprint density at radius 1 is 1.38 bits per heavy atom. The number of nitrogens with one attached hydrogen (secondary N) is 1. The number of hydrogen-bond acceptors (Lipinski definition) is 4. The third kappa shape index (κ3) is 2.79. The van der Waals surface area contributed by atoms with E-state index in [2.05, 4.69) is 31.3 Å². The molecule has 4 rings (SSSR count). The lowest BCUT2D eigenvalue weighted by atomic mass is 9.43. The minimum Gasteiger partial charge on any atom is -0.461 e. The molecule has 0 saturated heterocycles. The molecule has 24 heavy (non-hydrogen) atoms. The van der Waals surface area contributed by atoms with Gasteiger partial charge in [0.2, 0.25) is 0 Å². The van der Waals surface area contributed by atoms with Crippen LogP contribution in [0.1, 0.15) is 40.0 Å². The molecule has 3 aliphatic rings. The number of carbonyl (C=O) groups is 1. The lowest BCUT2D eigenvalue weighted by molar-refractivity contribution is -0.138. The van der Waals surface area contributed by atoms with Crippen LogP contribution in [-0.4, -0.2) is 18.1 Å². The van der Waals surface area contributed by atoms with Gasteiger partial charge >= 0.3 is 5.97 Å². The summed E-state index contributed by atoms with van der Waals surface area (Å²) < 4.78 is 5.08. The van der Waals surface area contributed by atoms with Crippen LogP contribution in [0.15, 0.2) is 42.1 Å². The number of ether oxygens (including phenoxy) is 1. The second-order valence-corrected chi connectivity index (χ2v) is 7.70. The number of benzene rings is 1. The van der Waals surface area contributed by atoms with E-state index in [1.165, 1.54) is 6.42 Å². The number of anilines is 1. The lowest BCUT2D eigenvalue weighted by Crippen LogP contribution is -2.64. The summed E-state index contributed by atoms with van der Waals surface area (Å²) in [4.78, 5) is 12.0. The minimum atomic E-state index is -0.425. The Morgan fingerprint density at radius 2 is 2.08 bits per heavy atom. The highest BCUT2D eigenvalue weighted by atomic mass is 16.5. The van der Waals surface area contributed by atoms with Crippen molar-refractivity contribution in [3.8, 4) is 0 Å². The van der Waals surface area contributed by atoms with Crippen LogP contribution >= 0.6 is 0 Å². The van der Waals surface area contributed by atoms with Crippen LogP contribution < -0.4 is 11.1 Å². The molecule has 1 aromatic carbocycles. The van der Waals surface area contributed by atoms with Gasteiger partial charge < -0.3 is 15.8 Å². The van der Waals surface area contributed by atoms with Crippen molar-refractivity contribution in [3.63, 3.8) is 0 Å². The summed E-state index contributed by atoms with van der Waals surface area (Å²) in [6, 6.07) is 10.2. The van der Waals surface area contributed by atoms with Crippen LogP contribution in [0.3, 0.4) is 0 Å². The van der Waals surface area contributed by atoms with Gasteiger partial charge in [0.15, 0.2) is 0 Å². The molecule has 3 unspecified atom stereocenters.